The Morgan fingerprint density at radius 1 is 1.16 bits per heavy atom. The molecule has 2 aromatic heterocycles. The van der Waals surface area contributed by atoms with Gasteiger partial charge in [-0.25, -0.2) is 4.99 Å². The molecule has 10 heteroatoms. The van der Waals surface area contributed by atoms with Crippen molar-refractivity contribution in [1.29, 1.82) is 0 Å². The molecule has 0 aliphatic carbocycles. The van der Waals surface area contributed by atoms with Crippen molar-refractivity contribution in [3.8, 4) is 0 Å². The predicted octanol–water partition coefficient (Wildman–Crippen LogP) is 1.83. The number of guanidine groups is 1. The van der Waals surface area contributed by atoms with Crippen molar-refractivity contribution < 1.29 is 4.74 Å². The van der Waals surface area contributed by atoms with E-state index in [0.29, 0.717) is 6.54 Å². The fraction of sp³-hybridized carbons (Fsp3) is 0.500. The Balaban J connectivity index is 0.00000289. The number of aliphatic imine (C=N–C) groups is 1. The minimum atomic E-state index is 0. The van der Waals surface area contributed by atoms with Crippen molar-refractivity contribution in [1.82, 2.24) is 35.3 Å². The second kappa shape index (κ2) is 12.2. The molecule has 1 saturated heterocycles. The molecule has 1 aliphatic rings. The summed E-state index contributed by atoms with van der Waals surface area (Å²) in [5, 5.41) is 16.5. The van der Waals surface area contributed by atoms with Gasteiger partial charge in [0.1, 0.15) is 12.4 Å². The number of fused-ring (bicyclic) bond motifs is 1. The lowest BCUT2D eigenvalue weighted by Gasteiger charge is -2.26. The number of aromatic nitrogens is 4. The first-order valence-electron chi connectivity index (χ1n) is 10.9. The minimum Gasteiger partial charge on any atom is -0.379 e. The fourth-order valence-electron chi connectivity index (χ4n) is 3.65. The molecular weight excluding hydrogens is 519 g/mol. The molecule has 4 rings (SSSR count). The number of ether oxygens (including phenoxy) is 1. The highest BCUT2D eigenvalue weighted by atomic mass is 127. The first kappa shape index (κ1) is 24.5. The van der Waals surface area contributed by atoms with Crippen LogP contribution in [0.15, 0.2) is 35.3 Å². The molecule has 0 radical (unpaired) electrons. The van der Waals surface area contributed by atoms with E-state index in [-0.39, 0.29) is 24.0 Å². The molecule has 1 fully saturated rings. The number of aryl methyl sites for hydroxylation is 1. The largest absolute Gasteiger partial charge is 0.379 e. The Labute approximate surface area is 206 Å². The molecule has 0 saturated carbocycles. The smallest absolute Gasteiger partial charge is 0.191 e. The van der Waals surface area contributed by atoms with E-state index in [2.05, 4.69) is 61.0 Å². The molecule has 0 atom stereocenters. The van der Waals surface area contributed by atoms with Crippen LogP contribution in [0.3, 0.4) is 0 Å². The van der Waals surface area contributed by atoms with Gasteiger partial charge in [-0.2, -0.15) is 0 Å². The Morgan fingerprint density at radius 3 is 2.69 bits per heavy atom. The molecule has 3 heterocycles. The molecule has 3 aromatic rings. The van der Waals surface area contributed by atoms with Gasteiger partial charge in [0.25, 0.3) is 0 Å². The van der Waals surface area contributed by atoms with Crippen molar-refractivity contribution in [2.24, 2.45) is 12.0 Å². The number of aromatic amines is 1. The molecule has 0 spiro atoms. The Hall–Kier alpha value is -2.18. The summed E-state index contributed by atoms with van der Waals surface area (Å²) in [4.78, 5) is 10.6. The van der Waals surface area contributed by atoms with Gasteiger partial charge in [0, 0.05) is 57.4 Å². The van der Waals surface area contributed by atoms with Crippen LogP contribution in [0.5, 0.6) is 0 Å². The van der Waals surface area contributed by atoms with E-state index in [1.165, 1.54) is 16.6 Å². The lowest BCUT2D eigenvalue weighted by atomic mass is 10.2. The summed E-state index contributed by atoms with van der Waals surface area (Å²) >= 11 is 0. The summed E-state index contributed by atoms with van der Waals surface area (Å²) in [6, 6.07) is 10.6. The normalized spacial score (nSPS) is 15.0. The second-order valence-corrected chi connectivity index (χ2v) is 7.83. The number of H-pyrrole nitrogens is 1. The summed E-state index contributed by atoms with van der Waals surface area (Å²) < 4.78 is 7.40. The van der Waals surface area contributed by atoms with Gasteiger partial charge in [0.2, 0.25) is 0 Å². The first-order valence-corrected chi connectivity index (χ1v) is 10.9. The Bertz CT molecular complexity index is 975. The molecule has 174 valence electrons. The quantitative estimate of drug-likeness (QED) is 0.224. The average Bonchev–Trinajstić information content (AvgIpc) is 3.35. The first-order chi connectivity index (χ1) is 15.2. The number of para-hydroxylation sites is 1. The van der Waals surface area contributed by atoms with E-state index in [1.54, 1.807) is 0 Å². The van der Waals surface area contributed by atoms with Crippen LogP contribution >= 0.6 is 24.0 Å². The average molecular weight is 552 g/mol. The molecule has 1 aliphatic heterocycles. The third-order valence-electron chi connectivity index (χ3n) is 5.66. The number of hydrogen-bond donors (Lipinski definition) is 3. The van der Waals surface area contributed by atoms with Crippen LogP contribution in [-0.2, 0) is 24.8 Å². The molecule has 0 bridgehead atoms. The third kappa shape index (κ3) is 6.66. The molecule has 3 N–H and O–H groups in total. The van der Waals surface area contributed by atoms with E-state index in [4.69, 9.17) is 9.73 Å². The molecule has 1 aromatic carbocycles. The van der Waals surface area contributed by atoms with Gasteiger partial charge >= 0.3 is 0 Å². The zero-order valence-corrected chi connectivity index (χ0v) is 21.1. The van der Waals surface area contributed by atoms with Crippen LogP contribution in [0.25, 0.3) is 10.9 Å². The Morgan fingerprint density at radius 2 is 1.94 bits per heavy atom. The summed E-state index contributed by atoms with van der Waals surface area (Å²) in [6.07, 6.45) is 0.891. The Kier molecular flexibility index (Phi) is 9.30. The molecule has 0 unspecified atom stereocenters. The van der Waals surface area contributed by atoms with Crippen LogP contribution in [-0.4, -0.2) is 76.5 Å². The maximum absolute atomic E-state index is 5.43. The molecular formula is C22H33IN8O. The van der Waals surface area contributed by atoms with Gasteiger partial charge in [-0.3, -0.25) is 4.90 Å². The zero-order chi connectivity index (χ0) is 21.5. The number of benzene rings is 1. The SMILES string of the molecule is Cc1nnc(CN=C(NCCc2cc3ccccc3[nH]2)NCCN2CCOCC2)n1C.I. The highest BCUT2D eigenvalue weighted by Gasteiger charge is 2.10. The van der Waals surface area contributed by atoms with Gasteiger partial charge in [-0.15, -0.1) is 34.2 Å². The van der Waals surface area contributed by atoms with Gasteiger partial charge < -0.3 is 24.9 Å². The van der Waals surface area contributed by atoms with E-state index < -0.39 is 0 Å². The minimum absolute atomic E-state index is 0. The lowest BCUT2D eigenvalue weighted by Crippen LogP contribution is -2.44. The van der Waals surface area contributed by atoms with Gasteiger partial charge in [-0.05, 0) is 24.4 Å². The van der Waals surface area contributed by atoms with Crippen LogP contribution in [0, 0.1) is 6.92 Å². The summed E-state index contributed by atoms with van der Waals surface area (Å²) in [6.45, 7) is 8.61. The number of rotatable bonds is 8. The zero-order valence-electron chi connectivity index (χ0n) is 18.8. The maximum Gasteiger partial charge on any atom is 0.191 e. The van der Waals surface area contributed by atoms with Gasteiger partial charge in [-0.1, -0.05) is 18.2 Å². The van der Waals surface area contributed by atoms with Crippen molar-refractivity contribution in [2.45, 2.75) is 19.9 Å². The lowest BCUT2D eigenvalue weighted by molar-refractivity contribution is 0.0389. The second-order valence-electron chi connectivity index (χ2n) is 7.83. The van der Waals surface area contributed by atoms with Crippen LogP contribution in [0.2, 0.25) is 0 Å². The fourth-order valence-corrected chi connectivity index (χ4v) is 3.65. The summed E-state index contributed by atoms with van der Waals surface area (Å²) in [5.74, 6) is 2.53. The van der Waals surface area contributed by atoms with E-state index >= 15 is 0 Å². The van der Waals surface area contributed by atoms with Crippen molar-refractivity contribution >= 4 is 40.8 Å². The van der Waals surface area contributed by atoms with Gasteiger partial charge in [0.05, 0.1) is 13.2 Å². The number of hydrogen-bond acceptors (Lipinski definition) is 5. The highest BCUT2D eigenvalue weighted by molar-refractivity contribution is 14.0. The number of halogens is 1. The maximum atomic E-state index is 5.43. The van der Waals surface area contributed by atoms with E-state index in [1.807, 2.05) is 18.5 Å². The third-order valence-corrected chi connectivity index (χ3v) is 5.66. The molecule has 32 heavy (non-hydrogen) atoms. The number of nitrogens with zero attached hydrogens (tertiary/aromatic N) is 5. The van der Waals surface area contributed by atoms with Crippen LogP contribution in [0.1, 0.15) is 17.3 Å². The van der Waals surface area contributed by atoms with Gasteiger partial charge in [0.15, 0.2) is 11.8 Å². The van der Waals surface area contributed by atoms with Crippen LogP contribution in [0.4, 0.5) is 0 Å². The predicted molar refractivity (Wildman–Crippen MR) is 138 cm³/mol. The summed E-state index contributed by atoms with van der Waals surface area (Å²) in [5.41, 5.74) is 2.39. The molecule has 0 amide bonds. The van der Waals surface area contributed by atoms with Crippen molar-refractivity contribution in [3.63, 3.8) is 0 Å². The summed E-state index contributed by atoms with van der Waals surface area (Å²) in [7, 11) is 1.97. The van der Waals surface area contributed by atoms with E-state index in [0.717, 1.165) is 70.0 Å². The standard InChI is InChI=1S/C22H32N8O.HI/c1-17-27-28-21(29(17)2)16-25-22(24-9-10-30-11-13-31-14-12-30)23-8-7-19-15-18-5-3-4-6-20(18)26-19;/h3-6,15,26H,7-14,16H2,1-2H3,(H2,23,24,25);1H. The number of nitrogens with one attached hydrogen (secondary N) is 3. The van der Waals surface area contributed by atoms with Crippen molar-refractivity contribution in [3.05, 3.63) is 47.7 Å². The van der Waals surface area contributed by atoms with Crippen molar-refractivity contribution in [2.75, 3.05) is 45.9 Å². The topological polar surface area (TPSA) is 95.4 Å². The number of morpholine rings is 1. The monoisotopic (exact) mass is 552 g/mol. The van der Waals surface area contributed by atoms with Crippen LogP contribution < -0.4 is 10.6 Å². The molecule has 9 nitrogen and oxygen atoms in total. The van der Waals surface area contributed by atoms with E-state index in [9.17, 15) is 0 Å². The highest BCUT2D eigenvalue weighted by Crippen LogP contribution is 2.14.